The van der Waals surface area contributed by atoms with Crippen LogP contribution in [0, 0.1) is 0 Å². The van der Waals surface area contributed by atoms with E-state index in [9.17, 15) is 15.0 Å². The number of hydrogen-bond donors (Lipinski definition) is 2. The van der Waals surface area contributed by atoms with Crippen LogP contribution >= 0.6 is 0 Å². The lowest BCUT2D eigenvalue weighted by Crippen LogP contribution is -2.57. The fraction of sp³-hybridized carbons (Fsp3) is 0.296. The second kappa shape index (κ2) is 9.04. The molecule has 0 spiro atoms. The minimum Gasteiger partial charge on any atom is -0.480 e. The van der Waals surface area contributed by atoms with Gasteiger partial charge < -0.3 is 10.2 Å². The zero-order chi connectivity index (χ0) is 21.7. The summed E-state index contributed by atoms with van der Waals surface area (Å²) < 4.78 is 0. The van der Waals surface area contributed by atoms with Crippen molar-refractivity contribution in [1.82, 2.24) is 4.90 Å². The van der Waals surface area contributed by atoms with Crippen molar-refractivity contribution in [2.24, 2.45) is 0 Å². The summed E-state index contributed by atoms with van der Waals surface area (Å²) in [5, 5.41) is 21.8. The van der Waals surface area contributed by atoms with E-state index in [0.29, 0.717) is 38.8 Å². The van der Waals surface area contributed by atoms with Gasteiger partial charge in [0, 0.05) is 13.1 Å². The number of carbonyl (C=O) groups is 1. The molecule has 1 fully saturated rings. The number of nitrogens with zero attached hydrogens (tertiary/aromatic N) is 1. The molecular weight excluding hydrogens is 386 g/mol. The van der Waals surface area contributed by atoms with E-state index in [1.807, 2.05) is 91.0 Å². The molecular formula is C27H29NO3. The van der Waals surface area contributed by atoms with Crippen LogP contribution in [0.15, 0.2) is 91.0 Å². The molecule has 4 heteroatoms. The number of benzene rings is 3. The Morgan fingerprint density at radius 2 is 1.35 bits per heavy atom. The number of carboxylic acids is 1. The van der Waals surface area contributed by atoms with Crippen molar-refractivity contribution in [1.29, 1.82) is 0 Å². The maximum Gasteiger partial charge on any atom is 0.328 e. The highest BCUT2D eigenvalue weighted by Crippen LogP contribution is 2.41. The van der Waals surface area contributed by atoms with Gasteiger partial charge in [0.2, 0.25) is 0 Å². The quantitative estimate of drug-likeness (QED) is 0.593. The third-order valence-electron chi connectivity index (χ3n) is 6.67. The molecule has 0 radical (unpaired) electrons. The summed E-state index contributed by atoms with van der Waals surface area (Å²) in [6.07, 6.45) is 2.15. The van der Waals surface area contributed by atoms with Crippen LogP contribution in [0.2, 0.25) is 0 Å². The van der Waals surface area contributed by atoms with Gasteiger partial charge in [0.1, 0.15) is 5.54 Å². The smallest absolute Gasteiger partial charge is 0.328 e. The highest BCUT2D eigenvalue weighted by atomic mass is 16.4. The standard InChI is InChI=1S/C27H29NO3/c29-25(30)27(24-14-8-3-9-15-24,17-16-22-10-4-1-5-11-22)28-20-18-26(31,19-21-28)23-12-6-2-7-13-23/h1-15,31H,16-21H2,(H,29,30)/t27-/m1/s1. The summed E-state index contributed by atoms with van der Waals surface area (Å²) in [6.45, 7) is 1.03. The number of aliphatic hydroxyl groups is 1. The fourth-order valence-corrected chi connectivity index (χ4v) is 4.83. The van der Waals surface area contributed by atoms with Crippen molar-refractivity contribution in [2.45, 2.75) is 36.8 Å². The lowest BCUT2D eigenvalue weighted by Gasteiger charge is -2.47. The summed E-state index contributed by atoms with van der Waals surface area (Å²) in [6, 6.07) is 29.3. The molecule has 1 aliphatic heterocycles. The van der Waals surface area contributed by atoms with Gasteiger partial charge >= 0.3 is 5.97 Å². The predicted octanol–water partition coefficient (Wildman–Crippen LogP) is 4.58. The van der Waals surface area contributed by atoms with Crippen LogP contribution in [0.3, 0.4) is 0 Å². The van der Waals surface area contributed by atoms with Crippen molar-refractivity contribution >= 4 is 5.97 Å². The number of likely N-dealkylation sites (tertiary alicyclic amines) is 1. The molecule has 0 bridgehead atoms. The van der Waals surface area contributed by atoms with E-state index in [2.05, 4.69) is 4.90 Å². The number of piperidine rings is 1. The summed E-state index contributed by atoms with van der Waals surface area (Å²) in [7, 11) is 0. The average Bonchev–Trinajstić information content (AvgIpc) is 2.82. The summed E-state index contributed by atoms with van der Waals surface area (Å²) in [5.74, 6) is -0.834. The number of aryl methyl sites for hydroxylation is 1. The molecule has 0 saturated carbocycles. The molecule has 31 heavy (non-hydrogen) atoms. The molecule has 1 aliphatic rings. The molecule has 4 rings (SSSR count). The van der Waals surface area contributed by atoms with Gasteiger partial charge in [0.05, 0.1) is 5.60 Å². The third-order valence-corrected chi connectivity index (χ3v) is 6.67. The van der Waals surface area contributed by atoms with E-state index in [4.69, 9.17) is 0 Å². The zero-order valence-electron chi connectivity index (χ0n) is 17.7. The normalized spacial score (nSPS) is 18.2. The van der Waals surface area contributed by atoms with Crippen LogP contribution < -0.4 is 0 Å². The Balaban J connectivity index is 1.64. The first-order valence-electron chi connectivity index (χ1n) is 10.9. The van der Waals surface area contributed by atoms with Crippen molar-refractivity contribution in [3.8, 4) is 0 Å². The molecule has 1 heterocycles. The van der Waals surface area contributed by atoms with Crippen LogP contribution in [0.25, 0.3) is 0 Å². The van der Waals surface area contributed by atoms with Gasteiger partial charge in [-0.2, -0.15) is 0 Å². The van der Waals surface area contributed by atoms with Gasteiger partial charge in [-0.1, -0.05) is 91.0 Å². The molecule has 4 nitrogen and oxygen atoms in total. The van der Waals surface area contributed by atoms with E-state index >= 15 is 0 Å². The second-order valence-corrected chi connectivity index (χ2v) is 8.40. The van der Waals surface area contributed by atoms with Gasteiger partial charge in [0.25, 0.3) is 0 Å². The Morgan fingerprint density at radius 3 is 1.90 bits per heavy atom. The Kier molecular flexibility index (Phi) is 6.21. The van der Waals surface area contributed by atoms with E-state index in [0.717, 1.165) is 16.7 Å². The first-order chi connectivity index (χ1) is 15.0. The average molecular weight is 416 g/mol. The fourth-order valence-electron chi connectivity index (χ4n) is 4.83. The van der Waals surface area contributed by atoms with Crippen LogP contribution in [-0.2, 0) is 22.4 Å². The Labute approximate surface area is 183 Å². The largest absolute Gasteiger partial charge is 0.480 e. The molecule has 0 aliphatic carbocycles. The molecule has 3 aromatic rings. The molecule has 0 aromatic heterocycles. The molecule has 1 atom stereocenters. The van der Waals surface area contributed by atoms with E-state index in [1.165, 1.54) is 0 Å². The Bertz CT molecular complexity index is 983. The SMILES string of the molecule is O=C(O)[C@@](CCc1ccccc1)(c1ccccc1)N1CCC(O)(c2ccccc2)CC1. The van der Waals surface area contributed by atoms with Gasteiger partial charge in [-0.25, -0.2) is 4.79 Å². The molecule has 0 amide bonds. The van der Waals surface area contributed by atoms with Crippen molar-refractivity contribution in [3.05, 3.63) is 108 Å². The maximum atomic E-state index is 12.9. The van der Waals surface area contributed by atoms with Crippen LogP contribution in [0.5, 0.6) is 0 Å². The Morgan fingerprint density at radius 1 is 0.839 bits per heavy atom. The predicted molar refractivity (Wildman–Crippen MR) is 122 cm³/mol. The van der Waals surface area contributed by atoms with Crippen molar-refractivity contribution in [2.75, 3.05) is 13.1 Å². The number of hydrogen-bond acceptors (Lipinski definition) is 3. The first-order valence-corrected chi connectivity index (χ1v) is 10.9. The highest BCUT2D eigenvalue weighted by Gasteiger charge is 2.48. The molecule has 2 N–H and O–H groups in total. The Hall–Kier alpha value is -2.95. The second-order valence-electron chi connectivity index (χ2n) is 8.40. The number of carboxylic acid groups (broad SMARTS) is 1. The van der Waals surface area contributed by atoms with Crippen molar-refractivity contribution in [3.63, 3.8) is 0 Å². The minimum atomic E-state index is -1.13. The molecule has 160 valence electrons. The summed E-state index contributed by atoms with van der Waals surface area (Å²) >= 11 is 0. The molecule has 3 aromatic carbocycles. The zero-order valence-corrected chi connectivity index (χ0v) is 17.7. The lowest BCUT2D eigenvalue weighted by atomic mass is 9.78. The first kappa shape index (κ1) is 21.3. The monoisotopic (exact) mass is 415 g/mol. The lowest BCUT2D eigenvalue weighted by molar-refractivity contribution is -0.157. The molecule has 1 saturated heterocycles. The topological polar surface area (TPSA) is 60.8 Å². The van der Waals surface area contributed by atoms with E-state index in [-0.39, 0.29) is 0 Å². The van der Waals surface area contributed by atoms with Crippen LogP contribution in [0.4, 0.5) is 0 Å². The number of rotatable bonds is 7. The van der Waals surface area contributed by atoms with Crippen LogP contribution in [-0.4, -0.2) is 34.2 Å². The van der Waals surface area contributed by atoms with Crippen molar-refractivity contribution < 1.29 is 15.0 Å². The summed E-state index contributed by atoms with van der Waals surface area (Å²) in [5.41, 5.74) is 0.776. The van der Waals surface area contributed by atoms with Gasteiger partial charge in [-0.3, -0.25) is 4.90 Å². The van der Waals surface area contributed by atoms with Gasteiger partial charge in [-0.15, -0.1) is 0 Å². The molecule has 0 unspecified atom stereocenters. The van der Waals surface area contributed by atoms with E-state index < -0.39 is 17.1 Å². The third kappa shape index (κ3) is 4.27. The summed E-state index contributed by atoms with van der Waals surface area (Å²) in [4.78, 5) is 14.9. The van der Waals surface area contributed by atoms with Gasteiger partial charge in [0.15, 0.2) is 0 Å². The van der Waals surface area contributed by atoms with E-state index in [1.54, 1.807) is 0 Å². The minimum absolute atomic E-state index is 0.472. The number of aliphatic carboxylic acids is 1. The maximum absolute atomic E-state index is 12.9. The van der Waals surface area contributed by atoms with Gasteiger partial charge in [-0.05, 0) is 42.4 Å². The van der Waals surface area contributed by atoms with Crippen LogP contribution in [0.1, 0.15) is 36.0 Å². The highest BCUT2D eigenvalue weighted by molar-refractivity contribution is 5.81.